The van der Waals surface area contributed by atoms with E-state index in [-0.39, 0.29) is 0 Å². The van der Waals surface area contributed by atoms with Gasteiger partial charge in [-0.25, -0.2) is 9.97 Å². The Morgan fingerprint density at radius 3 is 2.67 bits per heavy atom. The normalized spacial score (nSPS) is 16.0. The van der Waals surface area contributed by atoms with Crippen molar-refractivity contribution in [3.05, 3.63) is 53.7 Å². The highest BCUT2D eigenvalue weighted by Crippen LogP contribution is 2.30. The predicted molar refractivity (Wildman–Crippen MR) is 98.8 cm³/mol. The van der Waals surface area contributed by atoms with Crippen molar-refractivity contribution in [2.75, 3.05) is 25.0 Å². The lowest BCUT2D eigenvalue weighted by Crippen LogP contribution is -2.27. The van der Waals surface area contributed by atoms with Gasteiger partial charge in [-0.2, -0.15) is 0 Å². The molecule has 0 unspecified atom stereocenters. The molecule has 1 aliphatic carbocycles. The van der Waals surface area contributed by atoms with Gasteiger partial charge in [-0.1, -0.05) is 36.4 Å². The molecule has 2 heterocycles. The van der Waals surface area contributed by atoms with Gasteiger partial charge in [-0.05, 0) is 31.8 Å². The van der Waals surface area contributed by atoms with Gasteiger partial charge in [0.1, 0.15) is 5.82 Å². The largest absolute Gasteiger partial charge is 0.353 e. The molecule has 1 aromatic heterocycles. The third-order valence-electron chi connectivity index (χ3n) is 4.66. The first kappa shape index (κ1) is 15.1. The summed E-state index contributed by atoms with van der Waals surface area (Å²) in [5.41, 5.74) is 4.76. The Hall–Kier alpha value is -2.49. The van der Waals surface area contributed by atoms with Gasteiger partial charge in [-0.15, -0.1) is 0 Å². The van der Waals surface area contributed by atoms with Crippen molar-refractivity contribution in [2.24, 2.45) is 4.99 Å². The van der Waals surface area contributed by atoms with Gasteiger partial charge in [0.05, 0.1) is 18.8 Å². The average Bonchev–Trinajstić information content (AvgIpc) is 3.14. The van der Waals surface area contributed by atoms with Crippen molar-refractivity contribution in [3.63, 3.8) is 0 Å². The quantitative estimate of drug-likeness (QED) is 0.867. The molecular formula is C20H22N4. The van der Waals surface area contributed by atoms with Crippen molar-refractivity contribution in [1.82, 2.24) is 9.97 Å². The molecule has 24 heavy (non-hydrogen) atoms. The molecule has 0 N–H and O–H groups in total. The lowest BCUT2D eigenvalue weighted by Gasteiger charge is -2.25. The molecule has 0 fully saturated rings. The SMILES string of the molecule is CN(CC1=NCC=C1)c1nc(-c2ccccc2)nc2c1CCCC2. The summed E-state index contributed by atoms with van der Waals surface area (Å²) in [5.74, 6) is 1.91. The summed E-state index contributed by atoms with van der Waals surface area (Å²) < 4.78 is 0. The molecule has 1 aliphatic heterocycles. The molecular weight excluding hydrogens is 296 g/mol. The van der Waals surface area contributed by atoms with Gasteiger partial charge in [0.2, 0.25) is 0 Å². The van der Waals surface area contributed by atoms with E-state index in [2.05, 4.69) is 41.2 Å². The van der Waals surface area contributed by atoms with Crippen LogP contribution in [0.15, 0.2) is 47.5 Å². The van der Waals surface area contributed by atoms with Crippen LogP contribution in [-0.2, 0) is 12.8 Å². The number of aliphatic imine (C=N–C) groups is 1. The average molecular weight is 318 g/mol. The van der Waals surface area contributed by atoms with E-state index in [0.29, 0.717) is 0 Å². The molecule has 0 radical (unpaired) electrons. The highest BCUT2D eigenvalue weighted by molar-refractivity contribution is 5.99. The van der Waals surface area contributed by atoms with Crippen LogP contribution in [0.2, 0.25) is 0 Å². The maximum absolute atomic E-state index is 4.93. The van der Waals surface area contributed by atoms with E-state index in [1.165, 1.54) is 24.1 Å². The molecule has 2 aliphatic rings. The molecule has 2 aromatic rings. The van der Waals surface area contributed by atoms with Crippen LogP contribution in [0.4, 0.5) is 5.82 Å². The smallest absolute Gasteiger partial charge is 0.161 e. The van der Waals surface area contributed by atoms with E-state index in [4.69, 9.17) is 9.97 Å². The minimum absolute atomic E-state index is 0.800. The van der Waals surface area contributed by atoms with Crippen molar-refractivity contribution < 1.29 is 0 Å². The van der Waals surface area contributed by atoms with Gasteiger partial charge < -0.3 is 4.90 Å². The standard InChI is InChI=1S/C20H22N4/c1-24(14-16-10-7-13-21-16)20-17-11-5-6-12-18(17)22-19(23-20)15-8-3-2-4-9-15/h2-4,7-10H,5-6,11-14H2,1H3. The predicted octanol–water partition coefficient (Wildman–Crippen LogP) is 3.47. The Labute approximate surface area is 143 Å². The molecule has 1 aromatic carbocycles. The highest BCUT2D eigenvalue weighted by Gasteiger charge is 2.21. The van der Waals surface area contributed by atoms with Crippen LogP contribution in [0, 0.1) is 0 Å². The van der Waals surface area contributed by atoms with Crippen LogP contribution in [-0.4, -0.2) is 35.8 Å². The summed E-state index contributed by atoms with van der Waals surface area (Å²) >= 11 is 0. The topological polar surface area (TPSA) is 41.4 Å². The summed E-state index contributed by atoms with van der Waals surface area (Å²) in [4.78, 5) is 16.6. The Morgan fingerprint density at radius 2 is 1.88 bits per heavy atom. The monoisotopic (exact) mass is 318 g/mol. The van der Waals surface area contributed by atoms with Gasteiger partial charge >= 0.3 is 0 Å². The van der Waals surface area contributed by atoms with Crippen molar-refractivity contribution in [3.8, 4) is 11.4 Å². The molecule has 4 heteroatoms. The number of aryl methyl sites for hydroxylation is 1. The van der Waals surface area contributed by atoms with Gasteiger partial charge in [0, 0.05) is 23.9 Å². The van der Waals surface area contributed by atoms with Crippen LogP contribution < -0.4 is 4.90 Å². The molecule has 0 saturated carbocycles. The first-order chi connectivity index (χ1) is 11.8. The Kier molecular flexibility index (Phi) is 4.11. The lowest BCUT2D eigenvalue weighted by molar-refractivity contribution is 0.661. The van der Waals surface area contributed by atoms with E-state index >= 15 is 0 Å². The minimum Gasteiger partial charge on any atom is -0.353 e. The molecule has 0 amide bonds. The van der Waals surface area contributed by atoms with E-state index in [0.717, 1.165) is 48.8 Å². The van der Waals surface area contributed by atoms with Crippen LogP contribution in [0.25, 0.3) is 11.4 Å². The third-order valence-corrected chi connectivity index (χ3v) is 4.66. The fourth-order valence-corrected chi connectivity index (χ4v) is 3.44. The van der Waals surface area contributed by atoms with E-state index in [1.807, 2.05) is 18.2 Å². The third kappa shape index (κ3) is 2.96. The second kappa shape index (κ2) is 6.56. The maximum Gasteiger partial charge on any atom is 0.161 e. The number of anilines is 1. The van der Waals surface area contributed by atoms with Crippen molar-refractivity contribution in [1.29, 1.82) is 0 Å². The number of aromatic nitrogens is 2. The molecule has 0 spiro atoms. The molecule has 0 saturated heterocycles. The van der Waals surface area contributed by atoms with Gasteiger partial charge in [0.25, 0.3) is 0 Å². The summed E-state index contributed by atoms with van der Waals surface area (Å²) in [5, 5.41) is 0. The molecule has 4 rings (SSSR count). The fourth-order valence-electron chi connectivity index (χ4n) is 3.44. The van der Waals surface area contributed by atoms with Crippen molar-refractivity contribution in [2.45, 2.75) is 25.7 Å². The summed E-state index contributed by atoms with van der Waals surface area (Å²) in [6, 6.07) is 10.3. The molecule has 122 valence electrons. The zero-order valence-electron chi connectivity index (χ0n) is 14.1. The number of fused-ring (bicyclic) bond motifs is 1. The highest BCUT2D eigenvalue weighted by atomic mass is 15.2. The second-order valence-corrected chi connectivity index (χ2v) is 6.46. The summed E-state index contributed by atoms with van der Waals surface area (Å²) in [7, 11) is 2.11. The maximum atomic E-state index is 4.93. The number of benzene rings is 1. The molecule has 0 atom stereocenters. The van der Waals surface area contributed by atoms with E-state index in [9.17, 15) is 0 Å². The summed E-state index contributed by atoms with van der Waals surface area (Å²) in [6.45, 7) is 1.61. The van der Waals surface area contributed by atoms with Crippen LogP contribution in [0.5, 0.6) is 0 Å². The zero-order valence-corrected chi connectivity index (χ0v) is 14.1. The van der Waals surface area contributed by atoms with E-state index < -0.39 is 0 Å². The first-order valence-corrected chi connectivity index (χ1v) is 8.67. The number of rotatable bonds is 4. The molecule has 4 nitrogen and oxygen atoms in total. The van der Waals surface area contributed by atoms with Crippen molar-refractivity contribution >= 4 is 11.5 Å². The van der Waals surface area contributed by atoms with Crippen LogP contribution >= 0.6 is 0 Å². The summed E-state index contributed by atoms with van der Waals surface area (Å²) in [6.07, 6.45) is 8.79. The van der Waals surface area contributed by atoms with Gasteiger partial charge in [-0.3, -0.25) is 4.99 Å². The molecule has 0 bridgehead atoms. The Balaban J connectivity index is 1.74. The number of nitrogens with zero attached hydrogens (tertiary/aromatic N) is 4. The van der Waals surface area contributed by atoms with E-state index in [1.54, 1.807) is 0 Å². The first-order valence-electron chi connectivity index (χ1n) is 8.67. The fraction of sp³-hybridized carbons (Fsp3) is 0.350. The number of hydrogen-bond acceptors (Lipinski definition) is 4. The zero-order chi connectivity index (χ0) is 16.4. The Bertz CT molecular complexity index is 793. The minimum atomic E-state index is 0.800. The lowest BCUT2D eigenvalue weighted by atomic mass is 9.95. The Morgan fingerprint density at radius 1 is 1.04 bits per heavy atom. The van der Waals surface area contributed by atoms with Gasteiger partial charge in [0.15, 0.2) is 5.82 Å². The number of hydrogen-bond donors (Lipinski definition) is 0. The van der Waals surface area contributed by atoms with Crippen LogP contribution in [0.1, 0.15) is 24.1 Å². The van der Waals surface area contributed by atoms with Crippen LogP contribution in [0.3, 0.4) is 0 Å². The second-order valence-electron chi connectivity index (χ2n) is 6.46.